The highest BCUT2D eigenvalue weighted by Gasteiger charge is 2.49. The molecule has 1 aliphatic rings. The first kappa shape index (κ1) is 15.6. The molecule has 1 aromatic rings. The Morgan fingerprint density at radius 1 is 1.43 bits per heavy atom. The van der Waals surface area contributed by atoms with Gasteiger partial charge in [0, 0.05) is 23.9 Å². The number of nitro groups is 1. The summed E-state index contributed by atoms with van der Waals surface area (Å²) in [6.45, 7) is 7.34. The van der Waals surface area contributed by atoms with Crippen LogP contribution >= 0.6 is 0 Å². The predicted octanol–water partition coefficient (Wildman–Crippen LogP) is 2.76. The maximum atomic E-state index is 10.8. The van der Waals surface area contributed by atoms with Crippen LogP contribution in [0, 0.1) is 15.5 Å². The highest BCUT2D eigenvalue weighted by Crippen LogP contribution is 2.44. The molecule has 6 heteroatoms. The summed E-state index contributed by atoms with van der Waals surface area (Å²) >= 11 is 0. The van der Waals surface area contributed by atoms with E-state index in [4.69, 9.17) is 9.47 Å². The molecular weight excluding hydrogens is 272 g/mol. The number of nitro benzene ring substituents is 1. The highest BCUT2D eigenvalue weighted by molar-refractivity contribution is 5.48. The van der Waals surface area contributed by atoms with Gasteiger partial charge in [0.15, 0.2) is 11.5 Å². The fraction of sp³-hybridized carbons (Fsp3) is 0.600. The van der Waals surface area contributed by atoms with Crippen molar-refractivity contribution in [2.24, 2.45) is 5.41 Å². The molecule has 21 heavy (non-hydrogen) atoms. The molecule has 1 fully saturated rings. The van der Waals surface area contributed by atoms with Gasteiger partial charge in [0.25, 0.3) is 5.69 Å². The summed E-state index contributed by atoms with van der Waals surface area (Å²) in [5, 5.41) is 14.2. The van der Waals surface area contributed by atoms with E-state index in [0.29, 0.717) is 17.5 Å². The zero-order valence-corrected chi connectivity index (χ0v) is 12.9. The normalized spacial score (nSPS) is 23.2. The van der Waals surface area contributed by atoms with Crippen LogP contribution in [-0.4, -0.2) is 30.7 Å². The van der Waals surface area contributed by atoms with E-state index in [9.17, 15) is 10.1 Å². The van der Waals surface area contributed by atoms with Crippen LogP contribution in [0.4, 0.5) is 5.69 Å². The van der Waals surface area contributed by atoms with Gasteiger partial charge in [-0.1, -0.05) is 20.8 Å². The number of nitrogens with one attached hydrogen (secondary N) is 1. The van der Waals surface area contributed by atoms with E-state index in [-0.39, 0.29) is 17.2 Å². The molecule has 0 radical (unpaired) electrons. The standard InChI is InChI=1S/C15H22N2O4/c1-5-16-13-9-14(15(13,2)3)21-11-7-6-10(17(18)19)8-12(11)20-4/h6-8,13-14,16H,5,9H2,1-4H3. The van der Waals surface area contributed by atoms with Gasteiger partial charge in [-0.15, -0.1) is 0 Å². The van der Waals surface area contributed by atoms with E-state index < -0.39 is 4.92 Å². The Labute approximate surface area is 124 Å². The summed E-state index contributed by atoms with van der Waals surface area (Å²) in [7, 11) is 1.49. The second-order valence-corrected chi connectivity index (χ2v) is 5.87. The van der Waals surface area contributed by atoms with Gasteiger partial charge >= 0.3 is 0 Å². The van der Waals surface area contributed by atoms with Crippen LogP contribution in [0.3, 0.4) is 0 Å². The molecular formula is C15H22N2O4. The number of benzene rings is 1. The minimum Gasteiger partial charge on any atom is -0.493 e. The van der Waals surface area contributed by atoms with E-state index in [1.54, 1.807) is 6.07 Å². The van der Waals surface area contributed by atoms with Gasteiger partial charge in [-0.05, 0) is 12.6 Å². The number of methoxy groups -OCH3 is 1. The van der Waals surface area contributed by atoms with Crippen molar-refractivity contribution in [2.75, 3.05) is 13.7 Å². The van der Waals surface area contributed by atoms with Crippen LogP contribution in [0.2, 0.25) is 0 Å². The second kappa shape index (κ2) is 5.89. The number of ether oxygens (including phenoxy) is 2. The molecule has 1 aromatic carbocycles. The molecule has 1 saturated carbocycles. The monoisotopic (exact) mass is 294 g/mol. The molecule has 116 valence electrons. The number of nitrogens with zero attached hydrogens (tertiary/aromatic N) is 1. The van der Waals surface area contributed by atoms with Crippen LogP contribution in [0.15, 0.2) is 18.2 Å². The van der Waals surface area contributed by atoms with Crippen LogP contribution in [0.5, 0.6) is 11.5 Å². The van der Waals surface area contributed by atoms with Gasteiger partial charge in [0.1, 0.15) is 6.10 Å². The van der Waals surface area contributed by atoms with Crippen LogP contribution in [0.25, 0.3) is 0 Å². The number of hydrogen-bond donors (Lipinski definition) is 1. The summed E-state index contributed by atoms with van der Waals surface area (Å²) in [4.78, 5) is 10.3. The van der Waals surface area contributed by atoms with Gasteiger partial charge in [-0.2, -0.15) is 0 Å². The molecule has 0 amide bonds. The average molecular weight is 294 g/mol. The van der Waals surface area contributed by atoms with Crippen molar-refractivity contribution in [3.63, 3.8) is 0 Å². The molecule has 0 saturated heterocycles. The topological polar surface area (TPSA) is 73.6 Å². The third kappa shape index (κ3) is 2.95. The van der Waals surface area contributed by atoms with E-state index in [2.05, 4.69) is 26.1 Å². The molecule has 0 bridgehead atoms. The van der Waals surface area contributed by atoms with Crippen LogP contribution in [0.1, 0.15) is 27.2 Å². The summed E-state index contributed by atoms with van der Waals surface area (Å²) in [5.41, 5.74) is 0.0144. The quantitative estimate of drug-likeness (QED) is 0.645. The van der Waals surface area contributed by atoms with Gasteiger partial charge in [-0.3, -0.25) is 10.1 Å². The van der Waals surface area contributed by atoms with Gasteiger partial charge in [0.05, 0.1) is 18.1 Å². The molecule has 0 heterocycles. The lowest BCUT2D eigenvalue weighted by atomic mass is 9.64. The van der Waals surface area contributed by atoms with E-state index in [0.717, 1.165) is 13.0 Å². The summed E-state index contributed by atoms with van der Waals surface area (Å²) in [5.74, 6) is 0.947. The fourth-order valence-corrected chi connectivity index (χ4v) is 2.70. The molecule has 0 aromatic heterocycles. The Balaban J connectivity index is 2.12. The second-order valence-electron chi connectivity index (χ2n) is 5.87. The lowest BCUT2D eigenvalue weighted by Crippen LogP contribution is -2.62. The molecule has 2 unspecified atom stereocenters. The average Bonchev–Trinajstić information content (AvgIpc) is 2.46. The maximum absolute atomic E-state index is 10.8. The Morgan fingerprint density at radius 3 is 2.67 bits per heavy atom. The molecule has 2 atom stereocenters. The van der Waals surface area contributed by atoms with Crippen LogP contribution in [-0.2, 0) is 0 Å². The minimum absolute atomic E-state index is 0.00223. The lowest BCUT2D eigenvalue weighted by Gasteiger charge is -2.51. The molecule has 0 spiro atoms. The van der Waals surface area contributed by atoms with E-state index in [1.807, 2.05) is 0 Å². The Hall–Kier alpha value is -1.82. The fourth-order valence-electron chi connectivity index (χ4n) is 2.70. The molecule has 1 aliphatic carbocycles. The first-order valence-electron chi connectivity index (χ1n) is 7.12. The predicted molar refractivity (Wildman–Crippen MR) is 79.9 cm³/mol. The maximum Gasteiger partial charge on any atom is 0.273 e. The van der Waals surface area contributed by atoms with Crippen molar-refractivity contribution in [1.82, 2.24) is 5.32 Å². The van der Waals surface area contributed by atoms with E-state index in [1.165, 1.54) is 19.2 Å². The first-order chi connectivity index (χ1) is 9.90. The van der Waals surface area contributed by atoms with Gasteiger partial charge < -0.3 is 14.8 Å². The largest absolute Gasteiger partial charge is 0.493 e. The number of rotatable bonds is 6. The molecule has 1 N–H and O–H groups in total. The number of non-ortho nitro benzene ring substituents is 1. The van der Waals surface area contributed by atoms with Crippen molar-refractivity contribution >= 4 is 5.69 Å². The molecule has 6 nitrogen and oxygen atoms in total. The third-order valence-corrected chi connectivity index (χ3v) is 4.26. The van der Waals surface area contributed by atoms with Crippen molar-refractivity contribution in [1.29, 1.82) is 0 Å². The zero-order valence-electron chi connectivity index (χ0n) is 12.9. The number of hydrogen-bond acceptors (Lipinski definition) is 5. The summed E-state index contributed by atoms with van der Waals surface area (Å²) in [6, 6.07) is 4.86. The Morgan fingerprint density at radius 2 is 2.14 bits per heavy atom. The van der Waals surface area contributed by atoms with Gasteiger partial charge in [0.2, 0.25) is 0 Å². The Kier molecular flexibility index (Phi) is 4.37. The van der Waals surface area contributed by atoms with E-state index >= 15 is 0 Å². The lowest BCUT2D eigenvalue weighted by molar-refractivity contribution is -0.385. The minimum atomic E-state index is -0.444. The molecule has 0 aliphatic heterocycles. The zero-order chi connectivity index (χ0) is 15.6. The van der Waals surface area contributed by atoms with Crippen LogP contribution < -0.4 is 14.8 Å². The van der Waals surface area contributed by atoms with Crippen molar-refractivity contribution < 1.29 is 14.4 Å². The third-order valence-electron chi connectivity index (χ3n) is 4.26. The smallest absolute Gasteiger partial charge is 0.273 e. The highest BCUT2D eigenvalue weighted by atomic mass is 16.6. The van der Waals surface area contributed by atoms with Crippen molar-refractivity contribution in [2.45, 2.75) is 39.3 Å². The SMILES string of the molecule is CCNC1CC(Oc2ccc([N+](=O)[O-])cc2OC)C1(C)C. The summed E-state index contributed by atoms with van der Waals surface area (Å²) in [6.07, 6.45) is 0.984. The van der Waals surface area contributed by atoms with Crippen molar-refractivity contribution in [3.8, 4) is 11.5 Å². The first-order valence-corrected chi connectivity index (χ1v) is 7.12. The Bertz CT molecular complexity index is 530. The van der Waals surface area contributed by atoms with Crippen molar-refractivity contribution in [3.05, 3.63) is 28.3 Å². The van der Waals surface area contributed by atoms with Gasteiger partial charge in [-0.25, -0.2) is 0 Å². The molecule has 2 rings (SSSR count). The summed E-state index contributed by atoms with van der Waals surface area (Å²) < 4.78 is 11.2.